The molecule has 0 atom stereocenters. The molecule has 0 N–H and O–H groups in total. The van der Waals surface area contributed by atoms with Crippen LogP contribution in [-0.2, 0) is 4.74 Å². The monoisotopic (exact) mass is 416 g/mol. The van der Waals surface area contributed by atoms with Crippen LogP contribution in [0.4, 0.5) is 0 Å². The van der Waals surface area contributed by atoms with Crippen molar-refractivity contribution in [3.8, 4) is 0 Å². The van der Waals surface area contributed by atoms with Gasteiger partial charge in [0.15, 0.2) is 0 Å². The van der Waals surface area contributed by atoms with E-state index >= 15 is 0 Å². The summed E-state index contributed by atoms with van der Waals surface area (Å²) < 4.78 is 6.29. The van der Waals surface area contributed by atoms with Gasteiger partial charge >= 0.3 is 5.97 Å². The Hall–Kier alpha value is -0.580. The van der Waals surface area contributed by atoms with Gasteiger partial charge in [-0.15, -0.1) is 0 Å². The molecule has 0 unspecified atom stereocenters. The third-order valence-corrected chi connectivity index (χ3v) is 4.77. The van der Waals surface area contributed by atoms with Crippen LogP contribution in [0.2, 0.25) is 0 Å². The van der Waals surface area contributed by atoms with Crippen LogP contribution in [0.25, 0.3) is 0 Å². The molecule has 0 aliphatic heterocycles. The highest BCUT2D eigenvalue weighted by molar-refractivity contribution is 14.1. The van der Waals surface area contributed by atoms with E-state index in [0.717, 1.165) is 16.4 Å². The number of carbonyl (C=O) groups excluding carboxylic acids is 1. The summed E-state index contributed by atoms with van der Waals surface area (Å²) >= 11 is 2.17. The first kappa shape index (κ1) is 19.5. The van der Waals surface area contributed by atoms with Gasteiger partial charge in [-0.25, -0.2) is 4.79 Å². The smallest absolute Gasteiger partial charge is 0.339 e. The summed E-state index contributed by atoms with van der Waals surface area (Å²) in [7, 11) is 0. The lowest BCUT2D eigenvalue weighted by molar-refractivity contribution is 0.0496. The molecule has 0 saturated heterocycles. The minimum atomic E-state index is -0.194. The standard InChI is InChI=1S/C19H29IO2/c1-2-3-4-5-6-7-8-9-10-13-16-22-19(21)17-14-11-12-15-18(17)20/h11-12,14-15H,2-10,13,16H2,1H3. The summed E-state index contributed by atoms with van der Waals surface area (Å²) in [5.41, 5.74) is 0.676. The summed E-state index contributed by atoms with van der Waals surface area (Å²) in [5, 5.41) is 0. The molecule has 0 saturated carbocycles. The van der Waals surface area contributed by atoms with Crippen molar-refractivity contribution in [2.75, 3.05) is 6.61 Å². The molecule has 0 fully saturated rings. The van der Waals surface area contributed by atoms with Gasteiger partial charge in [0.25, 0.3) is 0 Å². The van der Waals surface area contributed by atoms with Gasteiger partial charge < -0.3 is 4.74 Å². The number of carbonyl (C=O) groups is 1. The Morgan fingerprint density at radius 3 is 2.05 bits per heavy atom. The van der Waals surface area contributed by atoms with Crippen LogP contribution in [0.5, 0.6) is 0 Å². The zero-order valence-electron chi connectivity index (χ0n) is 13.8. The zero-order valence-corrected chi connectivity index (χ0v) is 15.9. The lowest BCUT2D eigenvalue weighted by atomic mass is 10.1. The number of hydrogen-bond acceptors (Lipinski definition) is 2. The second-order valence-electron chi connectivity index (χ2n) is 5.80. The number of ether oxygens (including phenoxy) is 1. The predicted molar refractivity (Wildman–Crippen MR) is 101 cm³/mol. The van der Waals surface area contributed by atoms with E-state index in [1.54, 1.807) is 0 Å². The van der Waals surface area contributed by atoms with Crippen LogP contribution in [0, 0.1) is 3.57 Å². The third-order valence-electron chi connectivity index (χ3n) is 3.82. The molecule has 0 bridgehead atoms. The maximum Gasteiger partial charge on any atom is 0.339 e. The average molecular weight is 416 g/mol. The largest absolute Gasteiger partial charge is 0.462 e. The van der Waals surface area contributed by atoms with Gasteiger partial charge in [-0.2, -0.15) is 0 Å². The van der Waals surface area contributed by atoms with Crippen LogP contribution in [0.15, 0.2) is 24.3 Å². The molecule has 3 heteroatoms. The highest BCUT2D eigenvalue weighted by Gasteiger charge is 2.09. The molecule has 1 rings (SSSR count). The Morgan fingerprint density at radius 2 is 1.45 bits per heavy atom. The summed E-state index contributed by atoms with van der Waals surface area (Å²) in [5.74, 6) is -0.194. The maximum atomic E-state index is 11.9. The predicted octanol–water partition coefficient (Wildman–Crippen LogP) is 6.37. The number of benzene rings is 1. The molecule has 0 aliphatic carbocycles. The van der Waals surface area contributed by atoms with E-state index < -0.39 is 0 Å². The summed E-state index contributed by atoms with van der Waals surface area (Å²) in [6.45, 7) is 2.80. The molecule has 2 nitrogen and oxygen atoms in total. The van der Waals surface area contributed by atoms with Gasteiger partial charge in [0.05, 0.1) is 12.2 Å². The minimum Gasteiger partial charge on any atom is -0.462 e. The summed E-state index contributed by atoms with van der Waals surface area (Å²) in [4.78, 5) is 11.9. The summed E-state index contributed by atoms with van der Waals surface area (Å²) in [6, 6.07) is 7.56. The molecule has 124 valence electrons. The van der Waals surface area contributed by atoms with Crippen LogP contribution in [0.1, 0.15) is 81.5 Å². The van der Waals surface area contributed by atoms with Crippen molar-refractivity contribution in [2.45, 2.75) is 71.1 Å². The Morgan fingerprint density at radius 1 is 0.909 bits per heavy atom. The van der Waals surface area contributed by atoms with Gasteiger partial charge in [-0.05, 0) is 41.1 Å². The fourth-order valence-corrected chi connectivity index (χ4v) is 3.07. The SMILES string of the molecule is CCCCCCCCCCCCOC(=O)c1ccccc1I. The van der Waals surface area contributed by atoms with E-state index in [1.165, 1.54) is 51.4 Å². The van der Waals surface area contributed by atoms with Crippen LogP contribution < -0.4 is 0 Å². The Kier molecular flexibility index (Phi) is 11.4. The number of unbranched alkanes of at least 4 members (excludes halogenated alkanes) is 9. The Bertz CT molecular complexity index is 418. The molecular formula is C19H29IO2. The van der Waals surface area contributed by atoms with Gasteiger partial charge in [-0.3, -0.25) is 0 Å². The fraction of sp³-hybridized carbons (Fsp3) is 0.632. The van der Waals surface area contributed by atoms with E-state index in [9.17, 15) is 4.79 Å². The minimum absolute atomic E-state index is 0.194. The summed E-state index contributed by atoms with van der Waals surface area (Å²) in [6.07, 6.45) is 12.9. The second kappa shape index (κ2) is 12.9. The number of hydrogen-bond donors (Lipinski definition) is 0. The number of esters is 1. The van der Waals surface area contributed by atoms with Gasteiger partial charge in [-0.1, -0.05) is 76.8 Å². The van der Waals surface area contributed by atoms with Crippen molar-refractivity contribution < 1.29 is 9.53 Å². The van der Waals surface area contributed by atoms with Crippen molar-refractivity contribution in [1.82, 2.24) is 0 Å². The quantitative estimate of drug-likeness (QED) is 0.225. The molecule has 0 aliphatic rings. The lowest BCUT2D eigenvalue weighted by Gasteiger charge is -2.06. The van der Waals surface area contributed by atoms with E-state index in [-0.39, 0.29) is 5.97 Å². The van der Waals surface area contributed by atoms with Crippen LogP contribution in [-0.4, -0.2) is 12.6 Å². The Balaban J connectivity index is 1.95. The van der Waals surface area contributed by atoms with Crippen molar-refractivity contribution in [2.24, 2.45) is 0 Å². The number of rotatable bonds is 12. The van der Waals surface area contributed by atoms with E-state index in [2.05, 4.69) is 29.5 Å². The highest BCUT2D eigenvalue weighted by Crippen LogP contribution is 2.13. The van der Waals surface area contributed by atoms with Crippen molar-refractivity contribution in [3.05, 3.63) is 33.4 Å². The zero-order chi connectivity index (χ0) is 16.0. The molecule has 22 heavy (non-hydrogen) atoms. The topological polar surface area (TPSA) is 26.3 Å². The average Bonchev–Trinajstić information content (AvgIpc) is 2.53. The molecule has 1 aromatic rings. The van der Waals surface area contributed by atoms with Crippen molar-refractivity contribution in [3.63, 3.8) is 0 Å². The lowest BCUT2D eigenvalue weighted by Crippen LogP contribution is -2.08. The van der Waals surface area contributed by atoms with Crippen molar-refractivity contribution >= 4 is 28.6 Å². The molecule has 0 spiro atoms. The van der Waals surface area contributed by atoms with Gasteiger partial charge in [0.1, 0.15) is 0 Å². The fourth-order valence-electron chi connectivity index (χ4n) is 2.46. The molecule has 0 heterocycles. The normalized spacial score (nSPS) is 10.6. The van der Waals surface area contributed by atoms with Gasteiger partial charge in [0, 0.05) is 3.57 Å². The van der Waals surface area contributed by atoms with Gasteiger partial charge in [0.2, 0.25) is 0 Å². The molecular weight excluding hydrogens is 387 g/mol. The van der Waals surface area contributed by atoms with Crippen LogP contribution in [0.3, 0.4) is 0 Å². The van der Waals surface area contributed by atoms with E-state index in [1.807, 2.05) is 24.3 Å². The molecule has 0 amide bonds. The first-order valence-corrected chi connectivity index (χ1v) is 9.75. The van der Waals surface area contributed by atoms with E-state index in [0.29, 0.717) is 12.2 Å². The number of halogens is 1. The Labute approximate surface area is 149 Å². The third kappa shape index (κ3) is 8.76. The van der Waals surface area contributed by atoms with Crippen LogP contribution >= 0.6 is 22.6 Å². The first-order chi connectivity index (χ1) is 10.8. The first-order valence-electron chi connectivity index (χ1n) is 8.67. The maximum absolute atomic E-state index is 11.9. The van der Waals surface area contributed by atoms with E-state index in [4.69, 9.17) is 4.74 Å². The highest BCUT2D eigenvalue weighted by atomic mass is 127. The molecule has 0 radical (unpaired) electrons. The van der Waals surface area contributed by atoms with Crippen molar-refractivity contribution in [1.29, 1.82) is 0 Å². The molecule has 1 aromatic carbocycles. The second-order valence-corrected chi connectivity index (χ2v) is 6.96. The molecule has 0 aromatic heterocycles.